The molecular weight excluding hydrogens is 396 g/mol. The van der Waals surface area contributed by atoms with Crippen molar-refractivity contribution in [1.82, 2.24) is 0 Å². The highest BCUT2D eigenvalue weighted by Gasteiger charge is 2.33. The maximum atomic E-state index is 10.8. The van der Waals surface area contributed by atoms with Crippen molar-refractivity contribution in [1.29, 1.82) is 0 Å². The van der Waals surface area contributed by atoms with Crippen molar-refractivity contribution in [3.05, 3.63) is 71.8 Å². The number of hydrogen-bond acceptors (Lipinski definition) is 8. The van der Waals surface area contributed by atoms with Crippen LogP contribution in [0.5, 0.6) is 0 Å². The second kappa shape index (κ2) is 15.8. The van der Waals surface area contributed by atoms with Crippen molar-refractivity contribution in [3.63, 3.8) is 0 Å². The molecule has 0 unspecified atom stereocenters. The van der Waals surface area contributed by atoms with Crippen LogP contribution in [0.4, 0.5) is 0 Å². The molecule has 0 saturated heterocycles. The smallest absolute Gasteiger partial charge is 0.211 e. The molecular formula is C23H22N4O4. The largest absolute Gasteiger partial charge is 0.238 e. The Morgan fingerprint density at radius 2 is 0.935 bits per heavy atom. The summed E-state index contributed by atoms with van der Waals surface area (Å²) in [6, 6.07) is 17.8. The first-order valence-corrected chi connectivity index (χ1v) is 9.61. The molecule has 0 amide bonds. The van der Waals surface area contributed by atoms with Crippen molar-refractivity contribution >= 4 is 24.3 Å². The molecule has 0 radical (unpaired) electrons. The number of nitrogens with zero attached hydrogens (tertiary/aromatic N) is 4. The molecule has 158 valence electrons. The molecule has 0 aromatic heterocycles. The summed E-state index contributed by atoms with van der Waals surface area (Å²) in [6.07, 6.45) is 9.79. The summed E-state index contributed by atoms with van der Waals surface area (Å²) in [4.78, 5) is 55.1. The van der Waals surface area contributed by atoms with Crippen LogP contribution in [0.15, 0.2) is 80.6 Å². The lowest BCUT2D eigenvalue weighted by molar-refractivity contribution is 0.516. The van der Waals surface area contributed by atoms with E-state index in [1.807, 2.05) is 12.1 Å². The van der Waals surface area contributed by atoms with Gasteiger partial charge in [0, 0.05) is 11.1 Å². The number of unbranched alkanes of at least 4 members (excludes halogenated alkanes) is 3. The lowest BCUT2D eigenvalue weighted by atomic mass is 9.92. The predicted molar refractivity (Wildman–Crippen MR) is 114 cm³/mol. The van der Waals surface area contributed by atoms with Crippen molar-refractivity contribution in [2.45, 2.75) is 31.3 Å². The normalized spacial score (nSPS) is 9.42. The molecule has 0 atom stereocenters. The fourth-order valence-corrected chi connectivity index (χ4v) is 2.75. The third kappa shape index (κ3) is 8.88. The van der Waals surface area contributed by atoms with Crippen LogP contribution < -0.4 is 0 Å². The van der Waals surface area contributed by atoms with Gasteiger partial charge in [-0.2, -0.15) is 9.98 Å². The minimum atomic E-state index is -1.41. The van der Waals surface area contributed by atoms with Gasteiger partial charge < -0.3 is 0 Å². The Labute approximate surface area is 180 Å². The van der Waals surface area contributed by atoms with E-state index < -0.39 is 5.66 Å². The van der Waals surface area contributed by atoms with Crippen LogP contribution in [-0.2, 0) is 24.8 Å². The third-order valence-electron chi connectivity index (χ3n) is 4.19. The van der Waals surface area contributed by atoms with Gasteiger partial charge in [0.15, 0.2) is 0 Å². The number of carbonyl (C=O) groups excluding carboxylic acids is 4. The summed E-state index contributed by atoms with van der Waals surface area (Å²) in [5.74, 6) is 0. The first-order chi connectivity index (χ1) is 15.2. The average molecular weight is 418 g/mol. The Kier molecular flexibility index (Phi) is 12.8. The molecule has 0 saturated carbocycles. The number of isocyanates is 4. The number of benzene rings is 2. The molecule has 31 heavy (non-hydrogen) atoms. The second-order valence-electron chi connectivity index (χ2n) is 6.17. The Morgan fingerprint density at radius 1 is 0.548 bits per heavy atom. The molecule has 0 fully saturated rings. The van der Waals surface area contributed by atoms with Crippen molar-refractivity contribution in [2.75, 3.05) is 13.1 Å². The molecule has 8 nitrogen and oxygen atoms in total. The number of aliphatic imine (C=N–C) groups is 4. The zero-order valence-electron chi connectivity index (χ0n) is 16.9. The zero-order valence-corrected chi connectivity index (χ0v) is 16.9. The van der Waals surface area contributed by atoms with Crippen LogP contribution in [-0.4, -0.2) is 37.4 Å². The molecule has 2 rings (SSSR count). The molecule has 0 aliphatic carbocycles. The molecule has 0 spiro atoms. The van der Waals surface area contributed by atoms with Crippen LogP contribution in [0.25, 0.3) is 0 Å². The first-order valence-electron chi connectivity index (χ1n) is 9.61. The minimum Gasteiger partial charge on any atom is -0.211 e. The van der Waals surface area contributed by atoms with E-state index in [0.717, 1.165) is 25.7 Å². The van der Waals surface area contributed by atoms with E-state index >= 15 is 0 Å². The van der Waals surface area contributed by atoms with Gasteiger partial charge >= 0.3 is 0 Å². The van der Waals surface area contributed by atoms with E-state index in [0.29, 0.717) is 24.2 Å². The highest BCUT2D eigenvalue weighted by molar-refractivity contribution is 5.49. The lowest BCUT2D eigenvalue weighted by Gasteiger charge is -2.22. The molecule has 2 aromatic carbocycles. The Hall–Kier alpha value is -4.04. The average Bonchev–Trinajstić information content (AvgIpc) is 2.82. The standard InChI is InChI=1S/C15H10N2O2.C8H12N2O2/c18-11-16-15(17-12-19,13-7-3-1-4-8-13)14-9-5-2-6-10-14;11-7-9-5-3-1-2-4-6-10-8-12/h1-10H;1-6H2. The van der Waals surface area contributed by atoms with E-state index in [-0.39, 0.29) is 0 Å². The third-order valence-corrected chi connectivity index (χ3v) is 4.19. The van der Waals surface area contributed by atoms with Gasteiger partial charge in [-0.1, -0.05) is 73.5 Å². The quantitative estimate of drug-likeness (QED) is 0.313. The fourth-order valence-electron chi connectivity index (χ4n) is 2.75. The summed E-state index contributed by atoms with van der Waals surface area (Å²) in [7, 11) is 0. The maximum absolute atomic E-state index is 10.8. The highest BCUT2D eigenvalue weighted by atomic mass is 16.1. The van der Waals surface area contributed by atoms with Crippen molar-refractivity contribution < 1.29 is 19.2 Å². The van der Waals surface area contributed by atoms with Gasteiger partial charge in [-0.15, -0.1) is 0 Å². The lowest BCUT2D eigenvalue weighted by Crippen LogP contribution is -2.22. The fraction of sp³-hybridized carbons (Fsp3) is 0.304. The topological polar surface area (TPSA) is 118 Å². The summed E-state index contributed by atoms with van der Waals surface area (Å²) in [5.41, 5.74) is -0.202. The summed E-state index contributed by atoms with van der Waals surface area (Å²) < 4.78 is 0. The maximum Gasteiger partial charge on any atom is 0.238 e. The molecule has 0 bridgehead atoms. The summed E-state index contributed by atoms with van der Waals surface area (Å²) in [5, 5.41) is 0. The second-order valence-corrected chi connectivity index (χ2v) is 6.17. The Bertz CT molecular complexity index is 888. The van der Waals surface area contributed by atoms with Gasteiger partial charge in [0.2, 0.25) is 30.0 Å². The molecule has 8 heteroatoms. The number of hydrogen-bond donors (Lipinski definition) is 0. The highest BCUT2D eigenvalue weighted by Crippen LogP contribution is 2.34. The van der Waals surface area contributed by atoms with Crippen LogP contribution in [0.1, 0.15) is 36.8 Å². The van der Waals surface area contributed by atoms with Crippen LogP contribution in [0.3, 0.4) is 0 Å². The van der Waals surface area contributed by atoms with Crippen LogP contribution in [0.2, 0.25) is 0 Å². The van der Waals surface area contributed by atoms with Gasteiger partial charge in [-0.3, -0.25) is 0 Å². The van der Waals surface area contributed by atoms with Gasteiger partial charge in [0.25, 0.3) is 0 Å². The first kappa shape index (κ1) is 25.0. The van der Waals surface area contributed by atoms with E-state index in [1.54, 1.807) is 48.5 Å². The van der Waals surface area contributed by atoms with E-state index in [2.05, 4.69) is 20.0 Å². The summed E-state index contributed by atoms with van der Waals surface area (Å²) >= 11 is 0. The van der Waals surface area contributed by atoms with Crippen LogP contribution >= 0.6 is 0 Å². The molecule has 0 N–H and O–H groups in total. The predicted octanol–water partition coefficient (Wildman–Crippen LogP) is 3.78. The van der Waals surface area contributed by atoms with Gasteiger partial charge in [-0.25, -0.2) is 29.2 Å². The van der Waals surface area contributed by atoms with Gasteiger partial charge in [0.1, 0.15) is 0 Å². The number of rotatable bonds is 11. The molecule has 0 aliphatic heterocycles. The zero-order chi connectivity index (χ0) is 22.6. The van der Waals surface area contributed by atoms with E-state index in [9.17, 15) is 19.2 Å². The van der Waals surface area contributed by atoms with Gasteiger partial charge in [0.05, 0.1) is 13.1 Å². The van der Waals surface area contributed by atoms with Crippen molar-refractivity contribution in [3.8, 4) is 0 Å². The monoisotopic (exact) mass is 418 g/mol. The Balaban J connectivity index is 0.000000348. The SMILES string of the molecule is O=C=NC(N=C=O)(c1ccccc1)c1ccccc1.O=C=NCCCCCCN=C=O. The molecule has 0 aliphatic rings. The van der Waals surface area contributed by atoms with E-state index in [1.165, 1.54) is 24.3 Å². The van der Waals surface area contributed by atoms with Crippen LogP contribution in [0, 0.1) is 0 Å². The minimum absolute atomic E-state index is 0.556. The summed E-state index contributed by atoms with van der Waals surface area (Å²) in [6.45, 7) is 1.11. The Morgan fingerprint density at radius 3 is 1.26 bits per heavy atom. The van der Waals surface area contributed by atoms with Gasteiger partial charge in [-0.05, 0) is 12.8 Å². The molecule has 0 heterocycles. The van der Waals surface area contributed by atoms with E-state index in [4.69, 9.17) is 0 Å². The van der Waals surface area contributed by atoms with Crippen molar-refractivity contribution in [2.24, 2.45) is 20.0 Å². The molecule has 2 aromatic rings.